The van der Waals surface area contributed by atoms with Gasteiger partial charge >= 0.3 is 0 Å². The van der Waals surface area contributed by atoms with Crippen LogP contribution >= 0.6 is 0 Å². The Bertz CT molecular complexity index is 364. The SMILES string of the molecule is [C-]#[N+]c1cccc(C(F)(F)C(C)C)c1. The predicted octanol–water partition coefficient (Wildman–Crippen LogP) is 3.99. The van der Waals surface area contributed by atoms with Crippen molar-refractivity contribution >= 4 is 5.69 Å². The van der Waals surface area contributed by atoms with Crippen molar-refractivity contribution in [3.8, 4) is 0 Å². The first kappa shape index (κ1) is 10.6. The van der Waals surface area contributed by atoms with Crippen LogP contribution in [0.3, 0.4) is 0 Å². The molecule has 0 bridgehead atoms. The van der Waals surface area contributed by atoms with Crippen molar-refractivity contribution in [2.24, 2.45) is 5.92 Å². The van der Waals surface area contributed by atoms with E-state index in [2.05, 4.69) is 4.85 Å². The Labute approximate surface area is 82.2 Å². The summed E-state index contributed by atoms with van der Waals surface area (Å²) in [6.45, 7) is 9.66. The summed E-state index contributed by atoms with van der Waals surface area (Å²) in [6.07, 6.45) is 0. The summed E-state index contributed by atoms with van der Waals surface area (Å²) in [6, 6.07) is 5.60. The zero-order valence-electron chi connectivity index (χ0n) is 8.09. The standard InChI is InChI=1S/C11H11F2N/c1-8(2)11(12,13)9-5-4-6-10(7-9)14-3/h4-8H,1-2H3. The van der Waals surface area contributed by atoms with Crippen molar-refractivity contribution in [3.63, 3.8) is 0 Å². The lowest BCUT2D eigenvalue weighted by Gasteiger charge is -2.20. The van der Waals surface area contributed by atoms with E-state index < -0.39 is 11.8 Å². The van der Waals surface area contributed by atoms with Gasteiger partial charge in [-0.05, 0) is 6.07 Å². The zero-order valence-corrected chi connectivity index (χ0v) is 8.09. The Morgan fingerprint density at radius 2 is 2.00 bits per heavy atom. The third-order valence-electron chi connectivity index (χ3n) is 2.09. The number of rotatable bonds is 2. The molecule has 0 aromatic heterocycles. The fraction of sp³-hybridized carbons (Fsp3) is 0.364. The van der Waals surface area contributed by atoms with Gasteiger partial charge in [-0.15, -0.1) is 0 Å². The summed E-state index contributed by atoms with van der Waals surface area (Å²) in [4.78, 5) is 3.12. The number of halogens is 2. The maximum atomic E-state index is 13.5. The van der Waals surface area contributed by atoms with Crippen LogP contribution in [-0.4, -0.2) is 0 Å². The normalized spacial score (nSPS) is 11.4. The Kier molecular flexibility index (Phi) is 2.85. The van der Waals surface area contributed by atoms with Crippen molar-refractivity contribution in [2.75, 3.05) is 0 Å². The van der Waals surface area contributed by atoms with Gasteiger partial charge in [-0.2, -0.15) is 0 Å². The summed E-state index contributed by atoms with van der Waals surface area (Å²) in [7, 11) is 0. The van der Waals surface area contributed by atoms with Gasteiger partial charge in [-0.1, -0.05) is 32.0 Å². The number of nitrogens with zero attached hydrogens (tertiary/aromatic N) is 1. The van der Waals surface area contributed by atoms with Crippen LogP contribution in [0.2, 0.25) is 0 Å². The molecular weight excluding hydrogens is 184 g/mol. The van der Waals surface area contributed by atoms with Crippen LogP contribution in [0.5, 0.6) is 0 Å². The maximum absolute atomic E-state index is 13.5. The van der Waals surface area contributed by atoms with Crippen molar-refractivity contribution in [1.29, 1.82) is 0 Å². The quantitative estimate of drug-likeness (QED) is 0.628. The van der Waals surface area contributed by atoms with Gasteiger partial charge in [0.15, 0.2) is 5.69 Å². The van der Waals surface area contributed by atoms with Crippen molar-refractivity contribution in [1.82, 2.24) is 0 Å². The first-order chi connectivity index (χ1) is 6.48. The Balaban J connectivity index is 3.14. The largest absolute Gasteiger partial charge is 0.274 e. The van der Waals surface area contributed by atoms with E-state index in [0.29, 0.717) is 0 Å². The van der Waals surface area contributed by atoms with E-state index in [-0.39, 0.29) is 11.3 Å². The Hall–Kier alpha value is -1.43. The van der Waals surface area contributed by atoms with Gasteiger partial charge in [-0.3, -0.25) is 0 Å². The molecule has 1 rings (SSSR count). The fourth-order valence-electron chi connectivity index (χ4n) is 1.12. The summed E-state index contributed by atoms with van der Waals surface area (Å²) in [5.74, 6) is -3.62. The summed E-state index contributed by atoms with van der Waals surface area (Å²) >= 11 is 0. The van der Waals surface area contributed by atoms with Gasteiger partial charge in [-0.25, -0.2) is 13.6 Å². The molecule has 0 radical (unpaired) electrons. The van der Waals surface area contributed by atoms with Crippen molar-refractivity contribution in [2.45, 2.75) is 19.8 Å². The minimum Gasteiger partial charge on any atom is -0.238 e. The second kappa shape index (κ2) is 3.75. The second-order valence-electron chi connectivity index (χ2n) is 3.44. The lowest BCUT2D eigenvalue weighted by molar-refractivity contribution is -0.0513. The lowest BCUT2D eigenvalue weighted by atomic mass is 9.97. The molecule has 0 saturated heterocycles. The molecule has 0 amide bonds. The molecule has 1 aromatic carbocycles. The highest BCUT2D eigenvalue weighted by Gasteiger charge is 2.35. The highest BCUT2D eigenvalue weighted by molar-refractivity contribution is 5.47. The first-order valence-electron chi connectivity index (χ1n) is 4.34. The van der Waals surface area contributed by atoms with Crippen LogP contribution in [0.4, 0.5) is 14.5 Å². The number of alkyl halides is 2. The molecule has 0 heterocycles. The highest BCUT2D eigenvalue weighted by Crippen LogP contribution is 2.36. The average Bonchev–Trinajstić information content (AvgIpc) is 2.17. The molecular formula is C11H11F2N. The second-order valence-corrected chi connectivity index (χ2v) is 3.44. The van der Waals surface area contributed by atoms with Crippen LogP contribution in [0, 0.1) is 12.5 Å². The van der Waals surface area contributed by atoms with E-state index in [1.54, 1.807) is 0 Å². The van der Waals surface area contributed by atoms with E-state index in [1.807, 2.05) is 0 Å². The minimum absolute atomic E-state index is 0.0824. The molecule has 0 atom stereocenters. The molecule has 0 aliphatic heterocycles. The molecule has 1 nitrogen and oxygen atoms in total. The number of hydrogen-bond donors (Lipinski definition) is 0. The monoisotopic (exact) mass is 195 g/mol. The smallest absolute Gasteiger partial charge is 0.238 e. The lowest BCUT2D eigenvalue weighted by Crippen LogP contribution is -2.20. The Morgan fingerprint density at radius 1 is 1.36 bits per heavy atom. The molecule has 0 aliphatic rings. The molecule has 1 aromatic rings. The first-order valence-corrected chi connectivity index (χ1v) is 4.34. The van der Waals surface area contributed by atoms with Gasteiger partial charge in [0.25, 0.3) is 5.92 Å². The topological polar surface area (TPSA) is 4.36 Å². The summed E-state index contributed by atoms with van der Waals surface area (Å²) in [5.41, 5.74) is 0.170. The highest BCUT2D eigenvalue weighted by atomic mass is 19.3. The molecule has 74 valence electrons. The van der Waals surface area contributed by atoms with Crippen LogP contribution in [0.1, 0.15) is 19.4 Å². The third kappa shape index (κ3) is 1.90. The van der Waals surface area contributed by atoms with E-state index in [1.165, 1.54) is 38.1 Å². The van der Waals surface area contributed by atoms with E-state index in [4.69, 9.17) is 6.57 Å². The van der Waals surface area contributed by atoms with Gasteiger partial charge in [0.2, 0.25) is 0 Å². The summed E-state index contributed by atoms with van der Waals surface area (Å²) in [5, 5.41) is 0. The predicted molar refractivity (Wildman–Crippen MR) is 51.4 cm³/mol. The van der Waals surface area contributed by atoms with Crippen molar-refractivity contribution < 1.29 is 8.78 Å². The van der Waals surface area contributed by atoms with Crippen molar-refractivity contribution in [3.05, 3.63) is 41.2 Å². The van der Waals surface area contributed by atoms with Gasteiger partial charge in [0.05, 0.1) is 6.57 Å². The average molecular weight is 195 g/mol. The van der Waals surface area contributed by atoms with E-state index in [9.17, 15) is 8.78 Å². The van der Waals surface area contributed by atoms with E-state index in [0.717, 1.165) is 0 Å². The van der Waals surface area contributed by atoms with Gasteiger partial charge in [0.1, 0.15) is 0 Å². The zero-order chi connectivity index (χ0) is 10.8. The van der Waals surface area contributed by atoms with Crippen LogP contribution in [0.25, 0.3) is 4.85 Å². The maximum Gasteiger partial charge on any atom is 0.274 e. The molecule has 0 aliphatic carbocycles. The molecule has 0 unspecified atom stereocenters. The molecule has 3 heteroatoms. The van der Waals surface area contributed by atoms with Crippen LogP contribution in [0.15, 0.2) is 24.3 Å². The van der Waals surface area contributed by atoms with Gasteiger partial charge < -0.3 is 0 Å². The fourth-order valence-corrected chi connectivity index (χ4v) is 1.12. The third-order valence-corrected chi connectivity index (χ3v) is 2.09. The molecule has 0 N–H and O–H groups in total. The van der Waals surface area contributed by atoms with E-state index >= 15 is 0 Å². The number of benzene rings is 1. The molecule has 0 saturated carbocycles. The summed E-state index contributed by atoms with van der Waals surface area (Å²) < 4.78 is 27.0. The van der Waals surface area contributed by atoms with Gasteiger partial charge in [0, 0.05) is 11.5 Å². The Morgan fingerprint density at radius 3 is 2.50 bits per heavy atom. The molecule has 0 spiro atoms. The molecule has 14 heavy (non-hydrogen) atoms. The number of hydrogen-bond acceptors (Lipinski definition) is 0. The van der Waals surface area contributed by atoms with Crippen LogP contribution in [-0.2, 0) is 5.92 Å². The molecule has 0 fully saturated rings. The van der Waals surface area contributed by atoms with Crippen LogP contribution < -0.4 is 0 Å². The minimum atomic E-state index is -2.86.